The van der Waals surface area contributed by atoms with Crippen molar-refractivity contribution in [3.8, 4) is 0 Å². The van der Waals surface area contributed by atoms with E-state index in [1.807, 2.05) is 13.8 Å². The van der Waals surface area contributed by atoms with Crippen LogP contribution in [0.15, 0.2) is 23.1 Å². The molecule has 6 heteroatoms. The predicted molar refractivity (Wildman–Crippen MR) is 73.2 cm³/mol. The van der Waals surface area contributed by atoms with Crippen molar-refractivity contribution in [2.45, 2.75) is 43.9 Å². The molecule has 1 fully saturated rings. The number of nitrogens with two attached hydrogens (primary N) is 1. The lowest BCUT2D eigenvalue weighted by Crippen LogP contribution is -2.39. The molecule has 5 nitrogen and oxygen atoms in total. The van der Waals surface area contributed by atoms with Gasteiger partial charge in [-0.3, -0.25) is 0 Å². The molecule has 106 valence electrons. The summed E-state index contributed by atoms with van der Waals surface area (Å²) in [7, 11) is -3.51. The van der Waals surface area contributed by atoms with Crippen LogP contribution in [0.25, 0.3) is 0 Å². The lowest BCUT2D eigenvalue weighted by Gasteiger charge is -2.17. The van der Waals surface area contributed by atoms with Crippen LogP contribution in [0.4, 0.5) is 0 Å². The van der Waals surface area contributed by atoms with Crippen LogP contribution in [0.1, 0.15) is 24.5 Å². The second-order valence-corrected chi connectivity index (χ2v) is 6.60. The first-order valence-corrected chi connectivity index (χ1v) is 7.86. The first kappa shape index (κ1) is 14.5. The summed E-state index contributed by atoms with van der Waals surface area (Å²) in [5.41, 5.74) is 7.46. The maximum Gasteiger partial charge on any atom is 0.240 e. The molecule has 1 aromatic carbocycles. The Bertz CT molecular complexity index is 557. The molecule has 0 bridgehead atoms. The summed E-state index contributed by atoms with van der Waals surface area (Å²) in [4.78, 5) is 0.262. The molecule has 0 saturated carbocycles. The van der Waals surface area contributed by atoms with E-state index >= 15 is 0 Å². The molecule has 1 aliphatic rings. The van der Waals surface area contributed by atoms with Gasteiger partial charge in [-0.15, -0.1) is 0 Å². The van der Waals surface area contributed by atoms with E-state index in [2.05, 4.69) is 4.72 Å². The quantitative estimate of drug-likeness (QED) is 0.861. The summed E-state index contributed by atoms with van der Waals surface area (Å²) in [6.45, 7) is 4.72. The molecule has 0 aromatic heterocycles. The van der Waals surface area contributed by atoms with E-state index in [1.54, 1.807) is 18.2 Å². The van der Waals surface area contributed by atoms with Crippen molar-refractivity contribution in [1.29, 1.82) is 0 Å². The van der Waals surface area contributed by atoms with Crippen molar-refractivity contribution in [1.82, 2.24) is 4.72 Å². The minimum Gasteiger partial charge on any atom is -0.377 e. The molecule has 1 aromatic rings. The number of benzene rings is 1. The number of ether oxygens (including phenoxy) is 1. The molecule has 3 N–H and O–H groups in total. The van der Waals surface area contributed by atoms with Gasteiger partial charge in [-0.05, 0) is 43.5 Å². The van der Waals surface area contributed by atoms with Gasteiger partial charge >= 0.3 is 0 Å². The zero-order chi connectivity index (χ0) is 14.0. The third kappa shape index (κ3) is 3.14. The highest BCUT2D eigenvalue weighted by Gasteiger charge is 2.29. The minimum absolute atomic E-state index is 0.0887. The zero-order valence-corrected chi connectivity index (χ0v) is 12.0. The molecule has 2 unspecified atom stereocenters. The van der Waals surface area contributed by atoms with Crippen LogP contribution in [0.3, 0.4) is 0 Å². The van der Waals surface area contributed by atoms with Crippen LogP contribution in [0.5, 0.6) is 0 Å². The summed E-state index contributed by atoms with van der Waals surface area (Å²) in [5, 5.41) is 0. The highest BCUT2D eigenvalue weighted by molar-refractivity contribution is 7.89. The molecule has 1 heterocycles. The van der Waals surface area contributed by atoms with Crippen molar-refractivity contribution in [2.75, 3.05) is 6.61 Å². The fraction of sp³-hybridized carbons (Fsp3) is 0.538. The van der Waals surface area contributed by atoms with Gasteiger partial charge in [-0.2, -0.15) is 0 Å². The van der Waals surface area contributed by atoms with E-state index in [4.69, 9.17) is 10.5 Å². The third-order valence-electron chi connectivity index (χ3n) is 3.53. The van der Waals surface area contributed by atoms with Crippen molar-refractivity contribution < 1.29 is 13.2 Å². The average molecular weight is 284 g/mol. The number of sulfonamides is 1. The van der Waals surface area contributed by atoms with Gasteiger partial charge in [0.15, 0.2) is 0 Å². The van der Waals surface area contributed by atoms with Gasteiger partial charge in [0.05, 0.1) is 17.0 Å². The Morgan fingerprint density at radius 2 is 2.21 bits per heavy atom. The lowest BCUT2D eigenvalue weighted by molar-refractivity contribution is 0.117. The van der Waals surface area contributed by atoms with E-state index in [0.29, 0.717) is 19.6 Å². The topological polar surface area (TPSA) is 81.4 Å². The molecular weight excluding hydrogens is 264 g/mol. The molecule has 1 saturated heterocycles. The Labute approximate surface area is 114 Å². The molecule has 2 rings (SSSR count). The summed E-state index contributed by atoms with van der Waals surface area (Å²) < 4.78 is 32.7. The fourth-order valence-electron chi connectivity index (χ4n) is 2.19. The number of nitrogens with one attached hydrogen (secondary N) is 1. The normalized spacial score (nSPS) is 23.7. The molecule has 19 heavy (non-hydrogen) atoms. The number of rotatable bonds is 4. The highest BCUT2D eigenvalue weighted by Crippen LogP contribution is 2.19. The van der Waals surface area contributed by atoms with Crippen LogP contribution in [0.2, 0.25) is 0 Å². The van der Waals surface area contributed by atoms with Gasteiger partial charge in [0.25, 0.3) is 0 Å². The van der Waals surface area contributed by atoms with Gasteiger partial charge in [-0.25, -0.2) is 13.1 Å². The van der Waals surface area contributed by atoms with Crippen LogP contribution >= 0.6 is 0 Å². The largest absolute Gasteiger partial charge is 0.377 e. The predicted octanol–water partition coefficient (Wildman–Crippen LogP) is 0.909. The molecular formula is C13H20N2O3S. The summed E-state index contributed by atoms with van der Waals surface area (Å²) in [6.07, 6.45) is 0.616. The summed E-state index contributed by atoms with van der Waals surface area (Å²) in [6, 6.07) is 4.87. The van der Waals surface area contributed by atoms with Crippen molar-refractivity contribution in [3.63, 3.8) is 0 Å². The number of hydrogen-bond acceptors (Lipinski definition) is 4. The van der Waals surface area contributed by atoms with E-state index in [0.717, 1.165) is 11.1 Å². The van der Waals surface area contributed by atoms with Crippen molar-refractivity contribution in [3.05, 3.63) is 29.3 Å². The van der Waals surface area contributed by atoms with Crippen molar-refractivity contribution in [2.24, 2.45) is 5.73 Å². The van der Waals surface area contributed by atoms with Crippen molar-refractivity contribution >= 4 is 10.0 Å². The lowest BCUT2D eigenvalue weighted by atomic mass is 10.1. The van der Waals surface area contributed by atoms with E-state index in [-0.39, 0.29) is 17.0 Å². The standard InChI is InChI=1S/C13H20N2O3S/c1-9-3-4-12(7-11(9)8-14)19(16,17)15-13-5-6-18-10(13)2/h3-4,7,10,13,15H,5-6,8,14H2,1-2H3. The van der Waals surface area contributed by atoms with E-state index in [9.17, 15) is 8.42 Å². The monoisotopic (exact) mass is 284 g/mol. The maximum atomic E-state index is 12.3. The number of hydrogen-bond donors (Lipinski definition) is 2. The van der Waals surface area contributed by atoms with E-state index < -0.39 is 10.0 Å². The first-order chi connectivity index (χ1) is 8.94. The first-order valence-electron chi connectivity index (χ1n) is 6.37. The van der Waals surface area contributed by atoms with Gasteiger partial charge in [0, 0.05) is 13.2 Å². The van der Waals surface area contributed by atoms with Gasteiger partial charge in [0.2, 0.25) is 10.0 Å². The fourth-order valence-corrected chi connectivity index (χ4v) is 3.58. The third-order valence-corrected chi connectivity index (χ3v) is 5.02. The molecule has 2 atom stereocenters. The molecule has 0 aliphatic carbocycles. The molecule has 0 amide bonds. The minimum atomic E-state index is -3.51. The maximum absolute atomic E-state index is 12.3. The smallest absolute Gasteiger partial charge is 0.240 e. The summed E-state index contributed by atoms with van der Waals surface area (Å²) in [5.74, 6) is 0. The van der Waals surface area contributed by atoms with Gasteiger partial charge in [0.1, 0.15) is 0 Å². The second-order valence-electron chi connectivity index (χ2n) is 4.88. The van der Waals surface area contributed by atoms with Gasteiger partial charge < -0.3 is 10.5 Å². The van der Waals surface area contributed by atoms with Crippen LogP contribution < -0.4 is 10.5 Å². The SMILES string of the molecule is Cc1ccc(S(=O)(=O)NC2CCOC2C)cc1CN. The summed E-state index contributed by atoms with van der Waals surface area (Å²) >= 11 is 0. The molecule has 1 aliphatic heterocycles. The number of aryl methyl sites for hydroxylation is 1. The van der Waals surface area contributed by atoms with Crippen LogP contribution in [0, 0.1) is 6.92 Å². The average Bonchev–Trinajstić information content (AvgIpc) is 2.74. The highest BCUT2D eigenvalue weighted by atomic mass is 32.2. The Kier molecular flexibility index (Phi) is 4.25. The second kappa shape index (κ2) is 5.58. The van der Waals surface area contributed by atoms with Crippen LogP contribution in [-0.4, -0.2) is 27.2 Å². The molecule has 0 spiro atoms. The van der Waals surface area contributed by atoms with Crippen LogP contribution in [-0.2, 0) is 21.3 Å². The Morgan fingerprint density at radius 1 is 1.47 bits per heavy atom. The molecule has 0 radical (unpaired) electrons. The van der Waals surface area contributed by atoms with E-state index in [1.165, 1.54) is 0 Å². The Morgan fingerprint density at radius 3 is 2.79 bits per heavy atom. The zero-order valence-electron chi connectivity index (χ0n) is 11.2. The Hall–Kier alpha value is -0.950. The Balaban J connectivity index is 2.24. The van der Waals surface area contributed by atoms with Gasteiger partial charge in [-0.1, -0.05) is 6.07 Å².